The Hall–Kier alpha value is -5.67. The van der Waals surface area contributed by atoms with Crippen LogP contribution in [0.25, 0.3) is 0 Å². The molecule has 0 aliphatic carbocycles. The monoisotopic (exact) mass is 861 g/mol. The van der Waals surface area contributed by atoms with Gasteiger partial charge in [0.2, 0.25) is 15.8 Å². The Morgan fingerprint density at radius 1 is 0.710 bits per heavy atom. The highest BCUT2D eigenvalue weighted by Crippen LogP contribution is 2.52. The van der Waals surface area contributed by atoms with Crippen LogP contribution in [-0.2, 0) is 35.7 Å². The predicted octanol–water partition coefficient (Wildman–Crippen LogP) is 7.74. The number of hydrogen-bond acceptors (Lipinski definition) is 12. The molecule has 0 unspecified atom stereocenters. The lowest BCUT2D eigenvalue weighted by Crippen LogP contribution is -2.34. The van der Waals surface area contributed by atoms with E-state index in [0.717, 1.165) is 73.5 Å². The first-order chi connectivity index (χ1) is 30.1. The number of sulfonamides is 1. The van der Waals surface area contributed by atoms with Gasteiger partial charge in [0.1, 0.15) is 5.75 Å². The number of ether oxygens (including phenoxy) is 6. The second-order valence-corrected chi connectivity index (χ2v) is 18.2. The maximum absolute atomic E-state index is 13.2. The first-order valence-electron chi connectivity index (χ1n) is 21.3. The summed E-state index contributed by atoms with van der Waals surface area (Å²) in [6.45, 7) is 3.76. The number of nitrogens with zero attached hydrogens (tertiary/aromatic N) is 2. The van der Waals surface area contributed by atoms with Gasteiger partial charge in [-0.2, -0.15) is 0 Å². The van der Waals surface area contributed by atoms with E-state index in [1.807, 2.05) is 24.3 Å². The van der Waals surface area contributed by atoms with Crippen molar-refractivity contribution in [3.05, 3.63) is 112 Å². The molecule has 62 heavy (non-hydrogen) atoms. The molecule has 13 nitrogen and oxygen atoms in total. The summed E-state index contributed by atoms with van der Waals surface area (Å²) in [5.41, 5.74) is 8.51. The maximum Gasteiger partial charge on any atom is 0.240 e. The minimum Gasteiger partial charge on any atom is -0.493 e. The normalized spacial score (nSPS) is 18.3. The minimum atomic E-state index is -3.71. The van der Waals surface area contributed by atoms with E-state index in [0.29, 0.717) is 58.8 Å². The van der Waals surface area contributed by atoms with Crippen LogP contribution in [0, 0.1) is 0 Å². The Balaban J connectivity index is 1.05. The van der Waals surface area contributed by atoms with Crippen molar-refractivity contribution in [3.63, 3.8) is 0 Å². The van der Waals surface area contributed by atoms with E-state index in [-0.39, 0.29) is 30.1 Å². The number of methoxy groups -OCH3 is 3. The lowest BCUT2D eigenvalue weighted by Gasteiger charge is -2.37. The van der Waals surface area contributed by atoms with Crippen LogP contribution in [0.2, 0.25) is 0 Å². The predicted molar refractivity (Wildman–Crippen MR) is 240 cm³/mol. The van der Waals surface area contributed by atoms with Gasteiger partial charge in [0.25, 0.3) is 0 Å². The zero-order chi connectivity index (χ0) is 43.0. The van der Waals surface area contributed by atoms with Crippen molar-refractivity contribution in [2.75, 3.05) is 85.4 Å². The average molecular weight is 862 g/mol. The van der Waals surface area contributed by atoms with Crippen molar-refractivity contribution >= 4 is 21.4 Å². The SMILES string of the molecule is COc1cc2c3cc1Oc1c(OC)c(OC)cc4c1[C@@H](Cc1ccc(OCCCNS(=O)(=O)c5ccc6c(c5)NCCN6)c(c1)Oc1ccc(cc1)C[C@@H]3N(C)CC2)N(C)CC4. The summed E-state index contributed by atoms with van der Waals surface area (Å²) in [4.78, 5) is 4.98. The molecule has 0 amide bonds. The summed E-state index contributed by atoms with van der Waals surface area (Å²) in [6, 6.07) is 25.8. The number of hydrogen-bond donors (Lipinski definition) is 3. The fraction of sp³-hybridized carbons (Fsp3) is 0.375. The molecule has 326 valence electrons. The summed E-state index contributed by atoms with van der Waals surface area (Å²) in [5.74, 6) is 4.89. The number of nitrogens with one attached hydrogen (secondary N) is 3. The van der Waals surface area contributed by atoms with Crippen molar-refractivity contribution in [2.24, 2.45) is 0 Å². The van der Waals surface area contributed by atoms with E-state index in [4.69, 9.17) is 28.4 Å². The van der Waals surface area contributed by atoms with Gasteiger partial charge in [0, 0.05) is 50.4 Å². The Kier molecular flexibility index (Phi) is 11.8. The number of benzene rings is 5. The standard InChI is InChI=1S/C48H55N5O8S/c1-52-20-15-32-26-42(56-3)44-29-36(32)39(52)23-30-7-10-34(11-8-30)60-43-25-31(24-40-46-33(16-21-53(40)2)27-45(57-4)47(58-5)48(46)61-44)9-14-41(43)59-22-6-17-51-62(54,55)35-12-13-37-38(28-35)50-19-18-49-37/h7-14,25-29,39-40,49-51H,6,15-24H2,1-5H3/t39-,40+/m0/s1. The molecule has 3 N–H and O–H groups in total. The smallest absolute Gasteiger partial charge is 0.240 e. The lowest BCUT2D eigenvalue weighted by molar-refractivity contribution is 0.220. The van der Waals surface area contributed by atoms with E-state index in [2.05, 4.69) is 75.6 Å². The summed E-state index contributed by atoms with van der Waals surface area (Å²) in [7, 11) is 5.61. The maximum atomic E-state index is 13.2. The highest BCUT2D eigenvalue weighted by Gasteiger charge is 2.35. The molecular weight excluding hydrogens is 807 g/mol. The van der Waals surface area contributed by atoms with Crippen LogP contribution in [0.15, 0.2) is 83.8 Å². The zero-order valence-corrected chi connectivity index (χ0v) is 36.8. The van der Waals surface area contributed by atoms with E-state index < -0.39 is 10.0 Å². The topological polar surface area (TPSA) is 132 Å². The van der Waals surface area contributed by atoms with Crippen LogP contribution in [-0.4, -0.2) is 93.0 Å². The van der Waals surface area contributed by atoms with Crippen molar-refractivity contribution in [3.8, 4) is 46.0 Å². The first-order valence-corrected chi connectivity index (χ1v) is 22.8. The van der Waals surface area contributed by atoms with Crippen LogP contribution in [0.4, 0.5) is 11.4 Å². The van der Waals surface area contributed by atoms with Gasteiger partial charge in [0.05, 0.1) is 44.2 Å². The van der Waals surface area contributed by atoms with Gasteiger partial charge in [-0.25, -0.2) is 13.1 Å². The summed E-state index contributed by atoms with van der Waals surface area (Å²) < 4.78 is 67.3. The molecule has 0 radical (unpaired) electrons. The van der Waals surface area contributed by atoms with E-state index in [1.165, 1.54) is 16.7 Å². The molecule has 6 bridgehead atoms. The van der Waals surface area contributed by atoms with Gasteiger partial charge in [-0.15, -0.1) is 0 Å². The van der Waals surface area contributed by atoms with Crippen molar-refractivity contribution in [1.82, 2.24) is 14.5 Å². The lowest BCUT2D eigenvalue weighted by atomic mass is 9.87. The second kappa shape index (κ2) is 17.6. The molecule has 10 rings (SSSR count). The van der Waals surface area contributed by atoms with Crippen LogP contribution in [0.3, 0.4) is 0 Å². The van der Waals surface area contributed by atoms with Gasteiger partial charge in [-0.05, 0) is 135 Å². The highest BCUT2D eigenvalue weighted by molar-refractivity contribution is 7.89. The fourth-order valence-electron chi connectivity index (χ4n) is 9.16. The van der Waals surface area contributed by atoms with Gasteiger partial charge in [0.15, 0.2) is 34.5 Å². The van der Waals surface area contributed by atoms with Crippen molar-refractivity contribution < 1.29 is 36.8 Å². The fourth-order valence-corrected chi connectivity index (χ4v) is 10.3. The van der Waals surface area contributed by atoms with E-state index in [1.54, 1.807) is 39.5 Å². The van der Waals surface area contributed by atoms with Crippen molar-refractivity contribution in [2.45, 2.75) is 49.1 Å². The third-order valence-electron chi connectivity index (χ3n) is 12.6. The molecular formula is C48H55N5O8S. The molecule has 5 aromatic rings. The molecule has 0 aromatic heterocycles. The molecule has 0 fully saturated rings. The van der Waals surface area contributed by atoms with Gasteiger partial charge < -0.3 is 39.1 Å². The Labute approximate surface area is 364 Å². The van der Waals surface area contributed by atoms with Crippen LogP contribution in [0.5, 0.6) is 46.0 Å². The van der Waals surface area contributed by atoms with Crippen molar-refractivity contribution in [1.29, 1.82) is 0 Å². The van der Waals surface area contributed by atoms with Crippen LogP contribution in [0.1, 0.15) is 51.9 Å². The molecule has 0 spiro atoms. The summed E-state index contributed by atoms with van der Waals surface area (Å²) in [6.07, 6.45) is 3.58. The number of likely N-dealkylation sites (N-methyl/N-ethyl adjacent to an activating group) is 2. The molecule has 5 aliphatic heterocycles. The third kappa shape index (κ3) is 8.31. The molecule has 5 heterocycles. The Morgan fingerprint density at radius 2 is 1.40 bits per heavy atom. The van der Waals surface area contributed by atoms with Gasteiger partial charge in [-0.1, -0.05) is 18.2 Å². The molecule has 5 aliphatic rings. The van der Waals surface area contributed by atoms with Gasteiger partial charge in [-0.3, -0.25) is 9.80 Å². The third-order valence-corrected chi connectivity index (χ3v) is 14.0. The van der Waals surface area contributed by atoms with E-state index >= 15 is 0 Å². The molecule has 5 aromatic carbocycles. The Morgan fingerprint density at radius 3 is 2.18 bits per heavy atom. The van der Waals surface area contributed by atoms with E-state index in [9.17, 15) is 8.42 Å². The summed E-state index contributed by atoms with van der Waals surface area (Å²) in [5, 5.41) is 6.54. The Bertz CT molecular complexity index is 2570. The number of fused-ring (bicyclic) bond motifs is 3. The summed E-state index contributed by atoms with van der Waals surface area (Å²) >= 11 is 0. The highest BCUT2D eigenvalue weighted by atomic mass is 32.2. The first kappa shape index (κ1) is 41.7. The van der Waals surface area contributed by atoms with Crippen LogP contribution < -0.4 is 43.8 Å². The molecule has 2 atom stereocenters. The average Bonchev–Trinajstić information content (AvgIpc) is 3.28. The minimum absolute atomic E-state index is 0.0935. The molecule has 0 saturated carbocycles. The van der Waals surface area contributed by atoms with Gasteiger partial charge >= 0.3 is 0 Å². The molecule has 14 heteroatoms. The number of anilines is 2. The largest absolute Gasteiger partial charge is 0.493 e. The number of rotatable bonds is 10. The zero-order valence-electron chi connectivity index (χ0n) is 36.0. The van der Waals surface area contributed by atoms with Crippen LogP contribution >= 0.6 is 0 Å². The second-order valence-electron chi connectivity index (χ2n) is 16.4. The molecule has 0 saturated heterocycles. The quantitative estimate of drug-likeness (QED) is 0.119.